The molecule has 0 saturated heterocycles. The lowest BCUT2D eigenvalue weighted by molar-refractivity contribution is 0.0946. The lowest BCUT2D eigenvalue weighted by atomic mass is 10.2. The number of hydrogen-bond acceptors (Lipinski definition) is 3. The number of rotatable bonds is 6. The first-order valence-corrected chi connectivity index (χ1v) is 7.82. The van der Waals surface area contributed by atoms with Crippen molar-refractivity contribution in [2.24, 2.45) is 0 Å². The van der Waals surface area contributed by atoms with E-state index in [1.165, 1.54) is 5.56 Å². The molecule has 3 rings (SSSR count). The number of hydrogen-bond donors (Lipinski definition) is 1. The minimum Gasteiger partial charge on any atom is -0.367 e. The molecule has 1 aromatic carbocycles. The molecular formula is C18H21N3O. The van der Waals surface area contributed by atoms with E-state index in [9.17, 15) is 4.79 Å². The highest BCUT2D eigenvalue weighted by molar-refractivity contribution is 5.93. The van der Waals surface area contributed by atoms with Crippen molar-refractivity contribution in [3.05, 3.63) is 59.9 Å². The Balaban J connectivity index is 1.75. The fourth-order valence-electron chi connectivity index (χ4n) is 2.42. The molecule has 22 heavy (non-hydrogen) atoms. The number of carbonyl (C=O) groups excluding carboxylic acids is 1. The van der Waals surface area contributed by atoms with Crippen LogP contribution in [0.1, 0.15) is 35.8 Å². The smallest absolute Gasteiger partial charge is 0.270 e. The molecule has 1 saturated carbocycles. The zero-order chi connectivity index (χ0) is 15.4. The first-order valence-electron chi connectivity index (χ1n) is 7.82. The van der Waals surface area contributed by atoms with Gasteiger partial charge < -0.3 is 10.2 Å². The van der Waals surface area contributed by atoms with Gasteiger partial charge in [-0.05, 0) is 37.5 Å². The first-order chi connectivity index (χ1) is 10.8. The molecule has 0 bridgehead atoms. The molecule has 2 aromatic rings. The van der Waals surface area contributed by atoms with Crippen LogP contribution in [0.25, 0.3) is 0 Å². The molecule has 0 unspecified atom stereocenters. The molecule has 0 atom stereocenters. The van der Waals surface area contributed by atoms with Gasteiger partial charge in [-0.2, -0.15) is 0 Å². The Morgan fingerprint density at radius 1 is 1.27 bits per heavy atom. The van der Waals surface area contributed by atoms with Gasteiger partial charge in [-0.25, -0.2) is 0 Å². The van der Waals surface area contributed by atoms with Crippen molar-refractivity contribution in [1.29, 1.82) is 0 Å². The number of nitrogens with one attached hydrogen (secondary N) is 1. The van der Waals surface area contributed by atoms with Crippen LogP contribution in [0, 0.1) is 0 Å². The van der Waals surface area contributed by atoms with E-state index in [-0.39, 0.29) is 5.91 Å². The van der Waals surface area contributed by atoms with Crippen LogP contribution in [0.3, 0.4) is 0 Å². The number of aromatic nitrogens is 1. The van der Waals surface area contributed by atoms with Crippen LogP contribution in [0.5, 0.6) is 0 Å². The molecule has 1 amide bonds. The van der Waals surface area contributed by atoms with Gasteiger partial charge in [0.1, 0.15) is 5.69 Å². The number of nitrogens with zero attached hydrogens (tertiary/aromatic N) is 2. The third kappa shape index (κ3) is 3.64. The summed E-state index contributed by atoms with van der Waals surface area (Å²) in [6.07, 6.45) is 3.88. The van der Waals surface area contributed by atoms with Gasteiger partial charge in [0.2, 0.25) is 0 Å². The number of pyridine rings is 1. The normalized spacial score (nSPS) is 13.7. The number of anilines is 1. The Kier molecular flexibility index (Phi) is 4.37. The summed E-state index contributed by atoms with van der Waals surface area (Å²) < 4.78 is 0. The highest BCUT2D eigenvalue weighted by atomic mass is 16.2. The molecule has 114 valence electrons. The van der Waals surface area contributed by atoms with Crippen LogP contribution in [-0.4, -0.2) is 23.5 Å². The molecule has 4 heteroatoms. The number of carbonyl (C=O) groups is 1. The van der Waals surface area contributed by atoms with Gasteiger partial charge in [0, 0.05) is 31.0 Å². The molecule has 0 radical (unpaired) electrons. The predicted molar refractivity (Wildman–Crippen MR) is 87.9 cm³/mol. The third-order valence-corrected chi connectivity index (χ3v) is 3.85. The summed E-state index contributed by atoms with van der Waals surface area (Å²) in [7, 11) is 0. The summed E-state index contributed by atoms with van der Waals surface area (Å²) in [6.45, 7) is 3.82. The second-order valence-electron chi connectivity index (χ2n) is 5.65. The maximum atomic E-state index is 12.1. The van der Waals surface area contributed by atoms with Gasteiger partial charge in [0.05, 0.1) is 0 Å². The summed E-state index contributed by atoms with van der Waals surface area (Å²) in [5.41, 5.74) is 2.78. The Hall–Kier alpha value is -2.36. The minimum atomic E-state index is -0.0693. The van der Waals surface area contributed by atoms with Crippen molar-refractivity contribution in [3.63, 3.8) is 0 Å². The van der Waals surface area contributed by atoms with Crippen LogP contribution in [0.15, 0.2) is 48.7 Å². The maximum absolute atomic E-state index is 12.1. The minimum absolute atomic E-state index is 0.0693. The summed E-state index contributed by atoms with van der Waals surface area (Å²) in [6, 6.07) is 14.5. The molecule has 1 fully saturated rings. The van der Waals surface area contributed by atoms with Crippen molar-refractivity contribution < 1.29 is 4.79 Å². The van der Waals surface area contributed by atoms with E-state index >= 15 is 0 Å². The van der Waals surface area contributed by atoms with E-state index in [2.05, 4.69) is 34.3 Å². The lowest BCUT2D eigenvalue weighted by Gasteiger charge is -2.23. The zero-order valence-electron chi connectivity index (χ0n) is 12.8. The van der Waals surface area contributed by atoms with E-state index in [0.717, 1.165) is 31.6 Å². The van der Waals surface area contributed by atoms with Crippen molar-refractivity contribution >= 4 is 11.6 Å². The average molecular weight is 295 g/mol. The van der Waals surface area contributed by atoms with Gasteiger partial charge in [-0.1, -0.05) is 30.3 Å². The van der Waals surface area contributed by atoms with E-state index in [4.69, 9.17) is 0 Å². The van der Waals surface area contributed by atoms with E-state index in [1.54, 1.807) is 6.20 Å². The van der Waals surface area contributed by atoms with E-state index in [1.807, 2.05) is 30.3 Å². The Bertz CT molecular complexity index is 638. The van der Waals surface area contributed by atoms with E-state index < -0.39 is 0 Å². The van der Waals surface area contributed by atoms with Gasteiger partial charge in [0.25, 0.3) is 5.91 Å². The van der Waals surface area contributed by atoms with Crippen LogP contribution in [0.2, 0.25) is 0 Å². The maximum Gasteiger partial charge on any atom is 0.270 e. The molecule has 1 N–H and O–H groups in total. The summed E-state index contributed by atoms with van der Waals surface area (Å²) >= 11 is 0. The fraction of sp³-hybridized carbons (Fsp3) is 0.333. The number of amides is 1. The third-order valence-electron chi connectivity index (χ3n) is 3.85. The molecule has 1 aliphatic rings. The largest absolute Gasteiger partial charge is 0.367 e. The lowest BCUT2D eigenvalue weighted by Crippen LogP contribution is -2.27. The van der Waals surface area contributed by atoms with Gasteiger partial charge in [-0.3, -0.25) is 9.78 Å². The summed E-state index contributed by atoms with van der Waals surface area (Å²) in [5, 5.41) is 2.98. The monoisotopic (exact) mass is 295 g/mol. The molecule has 0 spiro atoms. The van der Waals surface area contributed by atoms with Crippen LogP contribution < -0.4 is 10.2 Å². The predicted octanol–water partition coefficient (Wildman–Crippen LogP) is 3.00. The van der Waals surface area contributed by atoms with Crippen molar-refractivity contribution in [2.45, 2.75) is 32.4 Å². The van der Waals surface area contributed by atoms with E-state index in [0.29, 0.717) is 11.7 Å². The number of benzene rings is 1. The second kappa shape index (κ2) is 6.60. The summed E-state index contributed by atoms with van der Waals surface area (Å²) in [5.74, 6) is -0.0693. The van der Waals surface area contributed by atoms with Crippen LogP contribution in [0.4, 0.5) is 5.69 Å². The SMILES string of the molecule is CCN(Cc1ccccc1)c1ccnc(C(=O)NC2CC2)c1. The zero-order valence-corrected chi connectivity index (χ0v) is 12.8. The van der Waals surface area contributed by atoms with Crippen molar-refractivity contribution in [3.8, 4) is 0 Å². The Labute approximate surface area is 131 Å². The first kappa shape index (κ1) is 14.6. The standard InChI is InChI=1S/C18H21N3O/c1-2-21(13-14-6-4-3-5-7-14)16-10-11-19-17(12-16)18(22)20-15-8-9-15/h3-7,10-12,15H,2,8-9,13H2,1H3,(H,20,22). The second-order valence-corrected chi connectivity index (χ2v) is 5.65. The topological polar surface area (TPSA) is 45.2 Å². The van der Waals surface area contributed by atoms with Crippen molar-refractivity contribution in [1.82, 2.24) is 10.3 Å². The average Bonchev–Trinajstić information content (AvgIpc) is 3.37. The van der Waals surface area contributed by atoms with Crippen LogP contribution in [-0.2, 0) is 6.54 Å². The molecule has 1 aromatic heterocycles. The molecule has 0 aliphatic heterocycles. The highest BCUT2D eigenvalue weighted by Crippen LogP contribution is 2.21. The summed E-state index contributed by atoms with van der Waals surface area (Å²) in [4.78, 5) is 18.6. The fourth-order valence-corrected chi connectivity index (χ4v) is 2.42. The Morgan fingerprint density at radius 2 is 2.05 bits per heavy atom. The quantitative estimate of drug-likeness (QED) is 0.891. The van der Waals surface area contributed by atoms with Crippen LogP contribution >= 0.6 is 0 Å². The van der Waals surface area contributed by atoms with Gasteiger partial charge in [-0.15, -0.1) is 0 Å². The van der Waals surface area contributed by atoms with Gasteiger partial charge in [0.15, 0.2) is 0 Å². The molecular weight excluding hydrogens is 274 g/mol. The molecule has 1 aliphatic carbocycles. The Morgan fingerprint density at radius 3 is 2.73 bits per heavy atom. The van der Waals surface area contributed by atoms with Gasteiger partial charge >= 0.3 is 0 Å². The molecule has 4 nitrogen and oxygen atoms in total. The van der Waals surface area contributed by atoms with Crippen molar-refractivity contribution in [2.75, 3.05) is 11.4 Å². The molecule has 1 heterocycles. The highest BCUT2D eigenvalue weighted by Gasteiger charge is 2.24.